The highest BCUT2D eigenvalue weighted by Crippen LogP contribution is 2.52. The lowest BCUT2D eigenvalue weighted by Gasteiger charge is -2.25. The Bertz CT molecular complexity index is 2190. The third-order valence-electron chi connectivity index (χ3n) is 8.76. The van der Waals surface area contributed by atoms with E-state index in [-0.39, 0.29) is 60.7 Å². The van der Waals surface area contributed by atoms with E-state index in [1.54, 1.807) is 0 Å². The molecule has 334 valence electrons. The lowest BCUT2D eigenvalue weighted by molar-refractivity contribution is -0.144. The standard InChI is InChI=1S/C38H14F24/c39-31(40,41)19-3-15(4-20(11-19)32(42,43)44)27-1-2-28(16-5-21(33(45,46)47)12-22(6-16)34(48,49)50)30(18-9-25(37(57,58)59)14-26(10-18)38(60,61)62)29(27)17-7-23(35(51,52)53)13-24(8-17)36(54,55)56/h1-14H. The van der Waals surface area contributed by atoms with E-state index in [4.69, 9.17) is 0 Å². The Kier molecular flexibility index (Phi) is 11.5. The number of alkyl halides is 24. The fraction of sp³-hybridized carbons (Fsp3) is 0.211. The van der Waals surface area contributed by atoms with Gasteiger partial charge >= 0.3 is 49.4 Å². The van der Waals surface area contributed by atoms with Crippen LogP contribution in [0, 0.1) is 0 Å². The second-order valence-electron chi connectivity index (χ2n) is 13.1. The monoisotopic (exact) mass is 926 g/mol. The Labute approximate surface area is 329 Å². The molecule has 5 aromatic rings. The van der Waals surface area contributed by atoms with Crippen molar-refractivity contribution in [3.8, 4) is 44.5 Å². The van der Waals surface area contributed by atoms with Gasteiger partial charge in [-0.15, -0.1) is 0 Å². The Morgan fingerprint density at radius 3 is 0.484 bits per heavy atom. The molecule has 0 atom stereocenters. The minimum absolute atomic E-state index is 0.170. The molecule has 24 heteroatoms. The average Bonchev–Trinajstić information content (AvgIpc) is 3.10. The van der Waals surface area contributed by atoms with Gasteiger partial charge in [-0.1, -0.05) is 12.1 Å². The normalized spacial score (nSPS) is 13.8. The SMILES string of the molecule is FC(F)(F)c1cc(-c2ccc(-c3cc(C(F)(F)F)cc(C(F)(F)F)c3)c(-c3cc(C(F)(F)F)cc(C(F)(F)F)c3)c2-c2cc(C(F)(F)F)cc(C(F)(F)F)c2)cc(C(F)(F)F)c1. The van der Waals surface area contributed by atoms with Crippen LogP contribution in [0.2, 0.25) is 0 Å². The van der Waals surface area contributed by atoms with Gasteiger partial charge in [0.05, 0.1) is 44.5 Å². The van der Waals surface area contributed by atoms with E-state index < -0.39 is 163 Å². The summed E-state index contributed by atoms with van der Waals surface area (Å²) in [4.78, 5) is 0. The van der Waals surface area contributed by atoms with Crippen LogP contribution in [0.1, 0.15) is 44.5 Å². The van der Waals surface area contributed by atoms with E-state index in [0.29, 0.717) is 0 Å². The van der Waals surface area contributed by atoms with E-state index in [2.05, 4.69) is 0 Å². The molecule has 0 aliphatic heterocycles. The van der Waals surface area contributed by atoms with E-state index in [0.717, 1.165) is 0 Å². The third-order valence-corrected chi connectivity index (χ3v) is 8.76. The molecule has 0 aliphatic carbocycles. The molecule has 5 rings (SSSR count). The highest BCUT2D eigenvalue weighted by Gasteiger charge is 2.42. The Hall–Kier alpha value is -5.58. The number of halogens is 24. The molecular weight excluding hydrogens is 912 g/mol. The first-order valence-corrected chi connectivity index (χ1v) is 16.1. The van der Waals surface area contributed by atoms with Crippen molar-refractivity contribution in [1.82, 2.24) is 0 Å². The summed E-state index contributed by atoms with van der Waals surface area (Å²) in [5, 5.41) is 0. The Morgan fingerprint density at radius 2 is 0.339 bits per heavy atom. The van der Waals surface area contributed by atoms with Crippen LogP contribution in [-0.4, -0.2) is 0 Å². The van der Waals surface area contributed by atoms with Gasteiger partial charge in [0.1, 0.15) is 0 Å². The number of hydrogen-bond acceptors (Lipinski definition) is 0. The molecule has 0 bridgehead atoms. The fourth-order valence-electron chi connectivity index (χ4n) is 6.10. The van der Waals surface area contributed by atoms with Gasteiger partial charge in [0, 0.05) is 0 Å². The maximum absolute atomic E-state index is 14.2. The summed E-state index contributed by atoms with van der Waals surface area (Å²) < 4.78 is 339. The summed E-state index contributed by atoms with van der Waals surface area (Å²) in [5.41, 5.74) is -31.4. The van der Waals surface area contributed by atoms with Crippen molar-refractivity contribution in [2.24, 2.45) is 0 Å². The van der Waals surface area contributed by atoms with Gasteiger partial charge in [-0.05, 0) is 117 Å². The van der Waals surface area contributed by atoms with Crippen molar-refractivity contribution in [3.05, 3.63) is 129 Å². The minimum Gasteiger partial charge on any atom is -0.166 e. The van der Waals surface area contributed by atoms with Gasteiger partial charge in [0.15, 0.2) is 0 Å². The Morgan fingerprint density at radius 1 is 0.194 bits per heavy atom. The van der Waals surface area contributed by atoms with Crippen molar-refractivity contribution in [1.29, 1.82) is 0 Å². The largest absolute Gasteiger partial charge is 0.416 e. The third kappa shape index (κ3) is 10.2. The molecule has 5 aromatic carbocycles. The summed E-state index contributed by atoms with van der Waals surface area (Å²) >= 11 is 0. The van der Waals surface area contributed by atoms with E-state index in [1.807, 2.05) is 0 Å². The van der Waals surface area contributed by atoms with E-state index in [1.165, 1.54) is 0 Å². The van der Waals surface area contributed by atoms with E-state index in [9.17, 15) is 105 Å². The van der Waals surface area contributed by atoms with E-state index >= 15 is 0 Å². The van der Waals surface area contributed by atoms with Crippen LogP contribution in [0.25, 0.3) is 44.5 Å². The van der Waals surface area contributed by atoms with Crippen LogP contribution >= 0.6 is 0 Å². The second-order valence-corrected chi connectivity index (χ2v) is 13.1. The van der Waals surface area contributed by atoms with Crippen LogP contribution in [0.4, 0.5) is 105 Å². The van der Waals surface area contributed by atoms with Crippen molar-refractivity contribution >= 4 is 0 Å². The zero-order valence-electron chi connectivity index (χ0n) is 29.2. The van der Waals surface area contributed by atoms with Crippen molar-refractivity contribution in [3.63, 3.8) is 0 Å². The fourth-order valence-corrected chi connectivity index (χ4v) is 6.10. The van der Waals surface area contributed by atoms with Gasteiger partial charge in [0.2, 0.25) is 0 Å². The minimum atomic E-state index is -5.89. The van der Waals surface area contributed by atoms with Gasteiger partial charge in [-0.25, -0.2) is 0 Å². The predicted molar refractivity (Wildman–Crippen MR) is 168 cm³/mol. The van der Waals surface area contributed by atoms with Crippen molar-refractivity contribution in [2.45, 2.75) is 49.4 Å². The van der Waals surface area contributed by atoms with Crippen LogP contribution in [0.15, 0.2) is 84.9 Å². The summed E-state index contributed by atoms with van der Waals surface area (Å²) in [6, 6.07) is -4.27. The highest BCUT2D eigenvalue weighted by atomic mass is 19.4. The van der Waals surface area contributed by atoms with Crippen molar-refractivity contribution < 1.29 is 105 Å². The van der Waals surface area contributed by atoms with Gasteiger partial charge in [0.25, 0.3) is 0 Å². The summed E-state index contributed by atoms with van der Waals surface area (Å²) in [7, 11) is 0. The molecule has 0 amide bonds. The molecule has 0 aliphatic rings. The molecule has 62 heavy (non-hydrogen) atoms. The zero-order chi connectivity index (χ0) is 47.1. The van der Waals surface area contributed by atoms with Gasteiger partial charge < -0.3 is 0 Å². The van der Waals surface area contributed by atoms with Crippen LogP contribution in [0.3, 0.4) is 0 Å². The molecule has 0 spiro atoms. The van der Waals surface area contributed by atoms with Crippen LogP contribution in [-0.2, 0) is 49.4 Å². The summed E-state index contributed by atoms with van der Waals surface area (Å²) in [6.45, 7) is 0. The molecule has 0 nitrogen and oxygen atoms in total. The molecule has 0 saturated carbocycles. The number of hydrogen-bond donors (Lipinski definition) is 0. The first-order chi connectivity index (χ1) is 27.8. The molecule has 0 aromatic heterocycles. The molecule has 0 unspecified atom stereocenters. The molecule has 0 saturated heterocycles. The van der Waals surface area contributed by atoms with Gasteiger partial charge in [-0.2, -0.15) is 105 Å². The lowest BCUT2D eigenvalue weighted by Crippen LogP contribution is -2.13. The predicted octanol–water partition coefficient (Wildman–Crippen LogP) is 16.5. The maximum Gasteiger partial charge on any atom is 0.416 e. The topological polar surface area (TPSA) is 0 Å². The van der Waals surface area contributed by atoms with Crippen LogP contribution < -0.4 is 0 Å². The molecule has 0 radical (unpaired) electrons. The molecule has 0 heterocycles. The van der Waals surface area contributed by atoms with Gasteiger partial charge in [-0.3, -0.25) is 0 Å². The Balaban J connectivity index is 2.21. The smallest absolute Gasteiger partial charge is 0.166 e. The lowest BCUT2D eigenvalue weighted by atomic mass is 9.80. The molecule has 0 N–H and O–H groups in total. The quantitative estimate of drug-likeness (QED) is 0.158. The van der Waals surface area contributed by atoms with Crippen LogP contribution in [0.5, 0.6) is 0 Å². The molecule has 0 fully saturated rings. The number of rotatable bonds is 4. The first kappa shape index (κ1) is 47.5. The average molecular weight is 926 g/mol. The maximum atomic E-state index is 14.2. The highest BCUT2D eigenvalue weighted by molar-refractivity contribution is 6.02. The first-order valence-electron chi connectivity index (χ1n) is 16.1. The number of benzene rings is 5. The summed E-state index contributed by atoms with van der Waals surface area (Å²) in [5.74, 6) is 0. The zero-order valence-corrected chi connectivity index (χ0v) is 29.2. The van der Waals surface area contributed by atoms with Crippen molar-refractivity contribution in [2.75, 3.05) is 0 Å². The summed E-state index contributed by atoms with van der Waals surface area (Å²) in [6.07, 6.45) is -46.7. The molecular formula is C38H14F24. The second kappa shape index (κ2) is 15.1.